The molecule has 2 aliphatic heterocycles. The number of hydrogen-bond donors (Lipinski definition) is 2. The van der Waals surface area contributed by atoms with Crippen molar-refractivity contribution in [3.05, 3.63) is 53.7 Å². The summed E-state index contributed by atoms with van der Waals surface area (Å²) < 4.78 is 33.2. The minimum atomic E-state index is -2.24. The third-order valence-electron chi connectivity index (χ3n) is 6.18. The van der Waals surface area contributed by atoms with Crippen LogP contribution in [-0.4, -0.2) is 79.4 Å². The minimum Gasteiger partial charge on any atom is -0.456 e. The molecule has 3 aromatic heterocycles. The van der Waals surface area contributed by atoms with Gasteiger partial charge in [-0.25, -0.2) is 9.19 Å². The van der Waals surface area contributed by atoms with Gasteiger partial charge >= 0.3 is 0 Å². The normalized spacial score (nSPS) is 23.4. The molecule has 5 heterocycles. The van der Waals surface area contributed by atoms with Gasteiger partial charge in [0.2, 0.25) is 0 Å². The zero-order valence-corrected chi connectivity index (χ0v) is 21.6. The van der Waals surface area contributed by atoms with Crippen LogP contribution in [0.4, 0.5) is 5.69 Å². The van der Waals surface area contributed by atoms with Gasteiger partial charge in [0.25, 0.3) is 6.01 Å². The number of fused-ring (bicyclic) bond motifs is 2. The molecule has 4 aromatic rings. The summed E-state index contributed by atoms with van der Waals surface area (Å²) in [5.41, 5.74) is 4.78. The molecule has 10 nitrogen and oxygen atoms in total. The number of rotatable bonds is 5. The maximum Gasteiger partial charge on any atom is 0.296 e. The van der Waals surface area contributed by atoms with Crippen molar-refractivity contribution in [2.75, 3.05) is 25.7 Å². The second kappa shape index (κ2) is 9.34. The first kappa shape index (κ1) is 24.3. The Bertz CT molecular complexity index is 1580. The Labute approximate surface area is 218 Å². The lowest BCUT2D eigenvalue weighted by Gasteiger charge is -2.15. The van der Waals surface area contributed by atoms with E-state index in [1.165, 1.54) is 0 Å². The first-order valence-electron chi connectivity index (χ1n) is 11.6. The molecule has 0 bridgehead atoms. The Morgan fingerprint density at radius 2 is 1.84 bits per heavy atom. The van der Waals surface area contributed by atoms with Crippen LogP contribution in [0.5, 0.6) is 6.01 Å². The maximum absolute atomic E-state index is 11.9. The van der Waals surface area contributed by atoms with E-state index in [9.17, 15) is 9.32 Å². The highest BCUT2D eigenvalue weighted by atomic mass is 35.5. The molecule has 6 rings (SSSR count). The molecule has 192 valence electrons. The van der Waals surface area contributed by atoms with Gasteiger partial charge in [0, 0.05) is 33.4 Å². The second-order valence-corrected chi connectivity index (χ2v) is 12.3. The van der Waals surface area contributed by atoms with Gasteiger partial charge in [0.05, 0.1) is 47.0 Å². The van der Waals surface area contributed by atoms with E-state index in [0.717, 1.165) is 16.8 Å². The fourth-order valence-electron chi connectivity index (χ4n) is 4.51. The Kier molecular flexibility index (Phi) is 6.12. The highest BCUT2D eigenvalue weighted by molar-refractivity contribution is 7.92. The van der Waals surface area contributed by atoms with E-state index in [1.807, 2.05) is 30.3 Å². The summed E-state index contributed by atoms with van der Waals surface area (Å²) in [5, 5.41) is 10.4. The molecule has 2 fully saturated rings. The smallest absolute Gasteiger partial charge is 0.296 e. The SMILES string of the molecule is CS(C)(=O)=Nc1ccc(-c2ccc(-c3nc4nc(O[C@@H]5COC6C5OC[C@H]6O)[nH]c4cc3Cl)cc2)nc1. The Balaban J connectivity index is 1.22. The molecule has 2 aliphatic rings. The van der Waals surface area contributed by atoms with Crippen molar-refractivity contribution >= 4 is 38.2 Å². The third-order valence-corrected chi connectivity index (χ3v) is 7.12. The van der Waals surface area contributed by atoms with Crippen LogP contribution in [0.3, 0.4) is 0 Å². The predicted octanol–water partition coefficient (Wildman–Crippen LogP) is 3.61. The Morgan fingerprint density at radius 1 is 1.08 bits per heavy atom. The number of aliphatic hydroxyl groups excluding tert-OH is 1. The highest BCUT2D eigenvalue weighted by Crippen LogP contribution is 2.33. The van der Waals surface area contributed by atoms with Gasteiger partial charge in [0.15, 0.2) is 11.8 Å². The average molecular weight is 542 g/mol. The van der Waals surface area contributed by atoms with Crippen LogP contribution in [0.2, 0.25) is 5.02 Å². The topological polar surface area (TPSA) is 132 Å². The van der Waals surface area contributed by atoms with E-state index in [4.69, 9.17) is 25.8 Å². The lowest BCUT2D eigenvalue weighted by molar-refractivity contribution is 0.00706. The summed E-state index contributed by atoms with van der Waals surface area (Å²) in [6.45, 7) is 0.533. The van der Waals surface area contributed by atoms with Crippen LogP contribution in [-0.2, 0) is 19.2 Å². The van der Waals surface area contributed by atoms with Crippen LogP contribution in [0, 0.1) is 0 Å². The maximum atomic E-state index is 11.9. The number of pyridine rings is 2. The van der Waals surface area contributed by atoms with E-state index < -0.39 is 15.8 Å². The first-order chi connectivity index (χ1) is 17.7. The van der Waals surface area contributed by atoms with Crippen LogP contribution in [0.25, 0.3) is 33.7 Å². The largest absolute Gasteiger partial charge is 0.456 e. The van der Waals surface area contributed by atoms with E-state index in [0.29, 0.717) is 34.2 Å². The van der Waals surface area contributed by atoms with Crippen molar-refractivity contribution in [1.82, 2.24) is 19.9 Å². The van der Waals surface area contributed by atoms with E-state index in [1.54, 1.807) is 30.8 Å². The monoisotopic (exact) mass is 541 g/mol. The number of benzene rings is 1. The van der Waals surface area contributed by atoms with Crippen molar-refractivity contribution in [1.29, 1.82) is 0 Å². The molecule has 0 aliphatic carbocycles. The van der Waals surface area contributed by atoms with Gasteiger partial charge < -0.3 is 24.3 Å². The van der Waals surface area contributed by atoms with Crippen molar-refractivity contribution in [2.24, 2.45) is 4.36 Å². The number of hydrogen-bond acceptors (Lipinski definition) is 9. The molecule has 0 spiro atoms. The van der Waals surface area contributed by atoms with E-state index >= 15 is 0 Å². The van der Waals surface area contributed by atoms with E-state index in [-0.39, 0.29) is 30.9 Å². The fraction of sp³-hybridized carbons (Fsp3) is 0.320. The second-order valence-electron chi connectivity index (χ2n) is 9.30. The number of H-pyrrole nitrogens is 1. The van der Waals surface area contributed by atoms with Crippen LogP contribution < -0.4 is 4.74 Å². The van der Waals surface area contributed by atoms with Crippen LogP contribution >= 0.6 is 11.6 Å². The zero-order chi connectivity index (χ0) is 25.7. The number of aliphatic hydroxyl groups is 1. The van der Waals surface area contributed by atoms with Gasteiger partial charge in [0.1, 0.15) is 18.3 Å². The van der Waals surface area contributed by atoms with E-state index in [2.05, 4.69) is 24.3 Å². The molecular weight excluding hydrogens is 518 g/mol. The molecular formula is C25H24ClN5O5S. The molecule has 2 saturated heterocycles. The number of aromatic amines is 1. The van der Waals surface area contributed by atoms with Gasteiger partial charge in [-0.2, -0.15) is 9.35 Å². The molecule has 2 unspecified atom stereocenters. The molecule has 0 radical (unpaired) electrons. The summed E-state index contributed by atoms with van der Waals surface area (Å²) >= 11 is 6.57. The summed E-state index contributed by atoms with van der Waals surface area (Å²) in [5.74, 6) is 0. The number of imidazole rings is 1. The van der Waals surface area contributed by atoms with Crippen molar-refractivity contribution in [3.63, 3.8) is 0 Å². The van der Waals surface area contributed by atoms with Gasteiger partial charge in [-0.1, -0.05) is 35.9 Å². The number of aromatic nitrogens is 4. The van der Waals surface area contributed by atoms with Gasteiger partial charge in [-0.05, 0) is 18.2 Å². The zero-order valence-electron chi connectivity index (χ0n) is 20.0. The number of nitrogens with one attached hydrogen (secondary N) is 1. The van der Waals surface area contributed by atoms with Crippen molar-refractivity contribution in [2.45, 2.75) is 24.4 Å². The average Bonchev–Trinajstić information content (AvgIpc) is 3.55. The molecule has 12 heteroatoms. The standard InChI is InChI=1S/C25H24ClN5O5S/c1-37(2,33)31-15-7-8-17(27-10-15)13-3-5-14(6-4-13)21-16(26)9-18-24(29-21)30-25(28-18)36-20-12-35-22-19(32)11-34-23(20)22/h3-10,19-20,22-23,32H,11-12H2,1-2H3,(H,28,29,30)/t19-,20-,22?,23?/m1/s1. The fourth-order valence-corrected chi connectivity index (χ4v) is 5.38. The third kappa shape index (κ3) is 4.92. The van der Waals surface area contributed by atoms with Crippen molar-refractivity contribution in [3.8, 4) is 28.5 Å². The summed E-state index contributed by atoms with van der Waals surface area (Å²) in [6, 6.07) is 13.4. The molecule has 0 amide bonds. The lowest BCUT2D eigenvalue weighted by Crippen LogP contribution is -2.34. The molecule has 37 heavy (non-hydrogen) atoms. The first-order valence-corrected chi connectivity index (χ1v) is 14.3. The summed E-state index contributed by atoms with van der Waals surface area (Å²) in [4.78, 5) is 16.7. The quantitative estimate of drug-likeness (QED) is 0.391. The molecule has 0 saturated carbocycles. The number of halogens is 1. The summed E-state index contributed by atoms with van der Waals surface area (Å²) in [7, 11) is -2.24. The van der Waals surface area contributed by atoms with Crippen molar-refractivity contribution < 1.29 is 23.5 Å². The highest BCUT2D eigenvalue weighted by Gasteiger charge is 2.48. The molecule has 1 aromatic carbocycles. The van der Waals surface area contributed by atoms with Gasteiger partial charge in [-0.3, -0.25) is 4.98 Å². The number of ether oxygens (including phenoxy) is 3. The van der Waals surface area contributed by atoms with Crippen LogP contribution in [0.1, 0.15) is 0 Å². The Hall–Kier alpha value is -3.09. The minimum absolute atomic E-state index is 0.229. The Morgan fingerprint density at radius 3 is 2.57 bits per heavy atom. The lowest BCUT2D eigenvalue weighted by atomic mass is 10.1. The van der Waals surface area contributed by atoms with Gasteiger partial charge in [-0.15, -0.1) is 0 Å². The van der Waals surface area contributed by atoms with Crippen LogP contribution in [0.15, 0.2) is 53.0 Å². The predicted molar refractivity (Wildman–Crippen MR) is 140 cm³/mol. The number of nitrogens with zero attached hydrogens (tertiary/aromatic N) is 4. The molecule has 4 atom stereocenters. The summed E-state index contributed by atoms with van der Waals surface area (Å²) in [6.07, 6.45) is 3.03. The molecule has 2 N–H and O–H groups in total.